The zero-order valence-electron chi connectivity index (χ0n) is 16.6. The van der Waals surface area contributed by atoms with Crippen molar-refractivity contribution in [2.24, 2.45) is 4.99 Å². The van der Waals surface area contributed by atoms with Gasteiger partial charge in [-0.15, -0.1) is 0 Å². The average Bonchev–Trinajstić information content (AvgIpc) is 2.61. The molecule has 0 aliphatic rings. The highest BCUT2D eigenvalue weighted by Gasteiger charge is 2.05. The van der Waals surface area contributed by atoms with Crippen molar-refractivity contribution in [2.45, 2.75) is 32.6 Å². The zero-order chi connectivity index (χ0) is 20.6. The van der Waals surface area contributed by atoms with Crippen molar-refractivity contribution in [3.05, 3.63) is 70.5 Å². The van der Waals surface area contributed by atoms with Gasteiger partial charge in [-0.25, -0.2) is 17.8 Å². The summed E-state index contributed by atoms with van der Waals surface area (Å²) in [6.45, 7) is 5.83. The summed E-state index contributed by atoms with van der Waals surface area (Å²) in [6.07, 6.45) is 2.00. The molecule has 0 atom stereocenters. The standard InChI is InChI=1S/C21H28FN3O2S/c1-4-23-21(24-12-11-19-9-10-20(22)13-16(19)2)25-14-17-5-7-18(8-6-17)15-28(3,26)27/h5-10,13H,4,11-12,14-15H2,1-3H3,(H2,23,24,25). The van der Waals surface area contributed by atoms with E-state index in [9.17, 15) is 12.8 Å². The number of hydrogen-bond acceptors (Lipinski definition) is 3. The van der Waals surface area contributed by atoms with Gasteiger partial charge in [0.05, 0.1) is 12.3 Å². The molecule has 152 valence electrons. The Labute approximate surface area is 167 Å². The number of hydrogen-bond donors (Lipinski definition) is 2. The Bertz CT molecular complexity index is 910. The van der Waals surface area contributed by atoms with Gasteiger partial charge in [-0.3, -0.25) is 0 Å². The third-order valence-corrected chi connectivity index (χ3v) is 5.06. The van der Waals surface area contributed by atoms with Crippen LogP contribution >= 0.6 is 0 Å². The molecule has 0 radical (unpaired) electrons. The maximum Gasteiger partial charge on any atom is 0.191 e. The summed E-state index contributed by atoms with van der Waals surface area (Å²) in [5.74, 6) is 0.540. The first-order valence-corrected chi connectivity index (χ1v) is 11.4. The molecule has 2 aromatic carbocycles. The van der Waals surface area contributed by atoms with Gasteiger partial charge in [0, 0.05) is 19.3 Å². The highest BCUT2D eigenvalue weighted by molar-refractivity contribution is 7.89. The minimum atomic E-state index is -3.03. The molecule has 7 heteroatoms. The first-order chi connectivity index (χ1) is 13.3. The van der Waals surface area contributed by atoms with E-state index in [0.717, 1.165) is 35.2 Å². The minimum absolute atomic E-state index is 0.0452. The molecule has 0 aliphatic carbocycles. The van der Waals surface area contributed by atoms with Crippen LogP contribution in [-0.2, 0) is 28.6 Å². The van der Waals surface area contributed by atoms with Crippen LogP contribution in [-0.4, -0.2) is 33.7 Å². The van der Waals surface area contributed by atoms with E-state index in [0.29, 0.717) is 19.0 Å². The third kappa shape index (κ3) is 7.68. The zero-order valence-corrected chi connectivity index (χ0v) is 17.4. The van der Waals surface area contributed by atoms with Crippen molar-refractivity contribution < 1.29 is 12.8 Å². The Kier molecular flexibility index (Phi) is 7.99. The Morgan fingerprint density at radius 3 is 2.36 bits per heavy atom. The molecule has 2 aromatic rings. The van der Waals surface area contributed by atoms with Gasteiger partial charge in [0.15, 0.2) is 15.8 Å². The lowest BCUT2D eigenvalue weighted by atomic mass is 10.1. The molecule has 0 heterocycles. The van der Waals surface area contributed by atoms with Gasteiger partial charge in [-0.1, -0.05) is 30.3 Å². The molecule has 0 saturated carbocycles. The van der Waals surface area contributed by atoms with Gasteiger partial charge < -0.3 is 10.6 Å². The van der Waals surface area contributed by atoms with E-state index in [1.165, 1.54) is 12.3 Å². The summed E-state index contributed by atoms with van der Waals surface area (Å²) in [4.78, 5) is 4.57. The van der Waals surface area contributed by atoms with Crippen molar-refractivity contribution in [3.8, 4) is 0 Å². The van der Waals surface area contributed by atoms with Gasteiger partial charge >= 0.3 is 0 Å². The summed E-state index contributed by atoms with van der Waals surface area (Å²) < 4.78 is 35.9. The van der Waals surface area contributed by atoms with Crippen LogP contribution < -0.4 is 10.6 Å². The monoisotopic (exact) mass is 405 g/mol. The molecule has 2 N–H and O–H groups in total. The number of aryl methyl sites for hydroxylation is 1. The summed E-state index contributed by atoms with van der Waals surface area (Å²) in [6, 6.07) is 12.3. The molecule has 0 amide bonds. The van der Waals surface area contributed by atoms with Gasteiger partial charge in [0.25, 0.3) is 0 Å². The molecular formula is C21H28FN3O2S. The summed E-state index contributed by atoms with van der Waals surface area (Å²) >= 11 is 0. The number of sulfone groups is 1. The van der Waals surface area contributed by atoms with Crippen LogP contribution in [0, 0.1) is 12.7 Å². The quantitative estimate of drug-likeness (QED) is 0.523. The van der Waals surface area contributed by atoms with Gasteiger partial charge in [-0.2, -0.15) is 0 Å². The fourth-order valence-corrected chi connectivity index (χ4v) is 3.61. The van der Waals surface area contributed by atoms with E-state index in [2.05, 4.69) is 15.6 Å². The molecule has 5 nitrogen and oxygen atoms in total. The predicted octanol–water partition coefficient (Wildman–Crippen LogP) is 2.98. The summed E-state index contributed by atoms with van der Waals surface area (Å²) in [5.41, 5.74) is 3.82. The largest absolute Gasteiger partial charge is 0.357 e. The van der Waals surface area contributed by atoms with Crippen LogP contribution in [0.25, 0.3) is 0 Å². The smallest absolute Gasteiger partial charge is 0.191 e. The van der Waals surface area contributed by atoms with Crippen LogP contribution in [0.15, 0.2) is 47.5 Å². The van der Waals surface area contributed by atoms with Crippen LogP contribution in [0.3, 0.4) is 0 Å². The van der Waals surface area contributed by atoms with Gasteiger partial charge in [-0.05, 0) is 54.7 Å². The lowest BCUT2D eigenvalue weighted by Gasteiger charge is -2.12. The molecule has 2 rings (SSSR count). The Hall–Kier alpha value is -2.41. The van der Waals surface area contributed by atoms with Crippen LogP contribution in [0.2, 0.25) is 0 Å². The molecule has 0 fully saturated rings. The maximum atomic E-state index is 13.2. The van der Waals surface area contributed by atoms with Gasteiger partial charge in [0.2, 0.25) is 0 Å². The molecule has 0 bridgehead atoms. The minimum Gasteiger partial charge on any atom is -0.357 e. The average molecular weight is 406 g/mol. The van der Waals surface area contributed by atoms with Crippen molar-refractivity contribution in [1.29, 1.82) is 0 Å². The first-order valence-electron chi connectivity index (χ1n) is 9.29. The highest BCUT2D eigenvalue weighted by Crippen LogP contribution is 2.11. The topological polar surface area (TPSA) is 70.6 Å². The van der Waals surface area contributed by atoms with Crippen LogP contribution in [0.1, 0.15) is 29.2 Å². The Balaban J connectivity index is 1.92. The predicted molar refractivity (Wildman–Crippen MR) is 113 cm³/mol. The van der Waals surface area contributed by atoms with Crippen molar-refractivity contribution in [3.63, 3.8) is 0 Å². The summed E-state index contributed by atoms with van der Waals surface area (Å²) in [5, 5.41) is 6.49. The second kappa shape index (κ2) is 10.2. The second-order valence-electron chi connectivity index (χ2n) is 6.83. The maximum absolute atomic E-state index is 13.2. The molecule has 0 aliphatic heterocycles. The summed E-state index contributed by atoms with van der Waals surface area (Å²) in [7, 11) is -3.03. The fourth-order valence-electron chi connectivity index (χ4n) is 2.81. The lowest BCUT2D eigenvalue weighted by molar-refractivity contribution is 0.601. The van der Waals surface area contributed by atoms with Crippen molar-refractivity contribution >= 4 is 15.8 Å². The second-order valence-corrected chi connectivity index (χ2v) is 8.97. The Morgan fingerprint density at radius 2 is 1.75 bits per heavy atom. The molecular weight excluding hydrogens is 377 g/mol. The number of rotatable bonds is 8. The normalized spacial score (nSPS) is 12.1. The van der Waals surface area contributed by atoms with Crippen molar-refractivity contribution in [1.82, 2.24) is 10.6 Å². The van der Waals surface area contributed by atoms with E-state index < -0.39 is 9.84 Å². The first kappa shape index (κ1) is 21.9. The van der Waals surface area contributed by atoms with Crippen LogP contribution in [0.5, 0.6) is 0 Å². The fraction of sp³-hybridized carbons (Fsp3) is 0.381. The Morgan fingerprint density at radius 1 is 1.07 bits per heavy atom. The van der Waals surface area contributed by atoms with Gasteiger partial charge in [0.1, 0.15) is 5.82 Å². The SMILES string of the molecule is CCNC(=NCc1ccc(CS(C)(=O)=O)cc1)NCCc1ccc(F)cc1C. The number of nitrogens with zero attached hydrogens (tertiary/aromatic N) is 1. The number of aliphatic imine (C=N–C) groups is 1. The lowest BCUT2D eigenvalue weighted by Crippen LogP contribution is -2.38. The van der Waals surface area contributed by atoms with Crippen LogP contribution in [0.4, 0.5) is 4.39 Å². The number of nitrogens with one attached hydrogen (secondary N) is 2. The molecule has 0 spiro atoms. The molecule has 0 aromatic heterocycles. The van der Waals surface area contributed by atoms with E-state index in [-0.39, 0.29) is 11.6 Å². The molecule has 0 saturated heterocycles. The molecule has 28 heavy (non-hydrogen) atoms. The highest BCUT2D eigenvalue weighted by atomic mass is 32.2. The van der Waals surface area contributed by atoms with E-state index in [1.54, 1.807) is 6.07 Å². The van der Waals surface area contributed by atoms with E-state index in [4.69, 9.17) is 0 Å². The number of benzene rings is 2. The third-order valence-electron chi connectivity index (χ3n) is 4.21. The number of guanidine groups is 1. The number of halogens is 1. The van der Waals surface area contributed by atoms with Crippen molar-refractivity contribution in [2.75, 3.05) is 19.3 Å². The van der Waals surface area contributed by atoms with E-state index in [1.807, 2.05) is 44.2 Å². The molecule has 0 unspecified atom stereocenters. The van der Waals surface area contributed by atoms with E-state index >= 15 is 0 Å².